The van der Waals surface area contributed by atoms with Crippen LogP contribution < -0.4 is 0 Å². The van der Waals surface area contributed by atoms with Gasteiger partial charge in [0.05, 0.1) is 0 Å². The predicted molar refractivity (Wildman–Crippen MR) is 81.9 cm³/mol. The van der Waals surface area contributed by atoms with E-state index in [0.29, 0.717) is 18.8 Å². The van der Waals surface area contributed by atoms with Crippen LogP contribution in [-0.2, 0) is 9.59 Å². The van der Waals surface area contributed by atoms with E-state index >= 15 is 0 Å². The molecule has 2 unspecified atom stereocenters. The van der Waals surface area contributed by atoms with Crippen molar-refractivity contribution in [2.45, 2.75) is 71.3 Å². The molecular weight excluding hydrogens is 254 g/mol. The second-order valence-corrected chi connectivity index (χ2v) is 5.69. The second kappa shape index (κ2) is 11.9. The normalized spacial score (nSPS) is 14.2. The first kappa shape index (κ1) is 19.1. The van der Waals surface area contributed by atoms with Gasteiger partial charge in [0, 0.05) is 13.0 Å². The molecule has 0 spiro atoms. The van der Waals surface area contributed by atoms with E-state index in [1.807, 2.05) is 11.9 Å². The molecule has 4 nitrogen and oxygen atoms in total. The third-order valence-electron chi connectivity index (χ3n) is 3.83. The van der Waals surface area contributed by atoms with Crippen LogP contribution in [0.15, 0.2) is 0 Å². The van der Waals surface area contributed by atoms with Crippen LogP contribution >= 0.6 is 0 Å². The number of rotatable bonds is 13. The number of hydrogen-bond donors (Lipinski definition) is 1. The number of carbonyl (C=O) groups is 2. The van der Waals surface area contributed by atoms with Crippen LogP contribution in [0.25, 0.3) is 0 Å². The highest BCUT2D eigenvalue weighted by molar-refractivity contribution is 5.73. The lowest BCUT2D eigenvalue weighted by Gasteiger charge is -2.28. The summed E-state index contributed by atoms with van der Waals surface area (Å²) >= 11 is 0. The van der Waals surface area contributed by atoms with Crippen LogP contribution in [0.3, 0.4) is 0 Å². The van der Waals surface area contributed by atoms with E-state index in [1.54, 1.807) is 0 Å². The summed E-state index contributed by atoms with van der Waals surface area (Å²) in [5.74, 6) is -0.257. The van der Waals surface area contributed by atoms with Crippen molar-refractivity contribution in [1.29, 1.82) is 0 Å². The van der Waals surface area contributed by atoms with Crippen molar-refractivity contribution in [3.8, 4) is 0 Å². The molecular formula is C16H31NO3. The number of likely N-dealkylation sites (N-methyl/N-ethyl adjacent to an activating group) is 1. The lowest BCUT2D eigenvalue weighted by molar-refractivity contribution is -0.143. The Bertz CT molecular complexity index is 268. The smallest absolute Gasteiger partial charge is 0.320 e. The van der Waals surface area contributed by atoms with Crippen LogP contribution in [0.2, 0.25) is 0 Å². The first-order valence-electron chi connectivity index (χ1n) is 7.93. The van der Waals surface area contributed by atoms with Crippen LogP contribution in [-0.4, -0.2) is 41.9 Å². The molecule has 0 aliphatic carbocycles. The number of hydrogen-bond acceptors (Lipinski definition) is 3. The first-order chi connectivity index (χ1) is 9.56. The SMILES string of the molecule is CCCCCC(CCC)CN(C)C(CCC=O)C(=O)O. The second-order valence-electron chi connectivity index (χ2n) is 5.69. The largest absolute Gasteiger partial charge is 0.480 e. The third-order valence-corrected chi connectivity index (χ3v) is 3.83. The molecule has 0 saturated heterocycles. The van der Waals surface area contributed by atoms with Gasteiger partial charge in [-0.25, -0.2) is 0 Å². The number of carbonyl (C=O) groups excluding carboxylic acids is 1. The molecule has 4 heteroatoms. The zero-order valence-corrected chi connectivity index (χ0v) is 13.3. The summed E-state index contributed by atoms with van der Waals surface area (Å²) in [6, 6.07) is -0.536. The summed E-state index contributed by atoms with van der Waals surface area (Å²) in [5, 5.41) is 9.27. The Hall–Kier alpha value is -0.900. The van der Waals surface area contributed by atoms with Crippen LogP contribution in [0.1, 0.15) is 65.2 Å². The third kappa shape index (κ3) is 8.31. The number of nitrogens with zero attached hydrogens (tertiary/aromatic N) is 1. The Morgan fingerprint density at radius 1 is 1.15 bits per heavy atom. The van der Waals surface area contributed by atoms with Gasteiger partial charge in [-0.15, -0.1) is 0 Å². The van der Waals surface area contributed by atoms with Crippen molar-refractivity contribution in [1.82, 2.24) is 4.90 Å². The Morgan fingerprint density at radius 2 is 1.85 bits per heavy atom. The standard InChI is InChI=1S/C16H31NO3/c1-4-6-7-10-14(9-5-2)13-17(3)15(16(19)20)11-8-12-18/h12,14-15H,4-11,13H2,1-3H3,(H,19,20). The summed E-state index contributed by atoms with van der Waals surface area (Å²) in [7, 11) is 1.87. The minimum absolute atomic E-state index is 0.315. The van der Waals surface area contributed by atoms with Crippen molar-refractivity contribution in [2.24, 2.45) is 5.92 Å². The van der Waals surface area contributed by atoms with Crippen LogP contribution in [0.5, 0.6) is 0 Å². The summed E-state index contributed by atoms with van der Waals surface area (Å²) in [6.07, 6.45) is 8.66. The lowest BCUT2D eigenvalue weighted by Crippen LogP contribution is -2.41. The van der Waals surface area contributed by atoms with E-state index in [-0.39, 0.29) is 0 Å². The number of carboxylic acid groups (broad SMARTS) is 1. The molecule has 0 heterocycles. The highest BCUT2D eigenvalue weighted by Gasteiger charge is 2.24. The molecule has 118 valence electrons. The maximum Gasteiger partial charge on any atom is 0.320 e. The lowest BCUT2D eigenvalue weighted by atomic mass is 9.95. The summed E-state index contributed by atoms with van der Waals surface area (Å²) in [4.78, 5) is 23.6. The number of carboxylic acids is 1. The van der Waals surface area contributed by atoms with Gasteiger partial charge in [0.2, 0.25) is 0 Å². The molecule has 0 fully saturated rings. The number of aldehydes is 1. The van der Waals surface area contributed by atoms with E-state index in [1.165, 1.54) is 25.7 Å². The van der Waals surface area contributed by atoms with Crippen molar-refractivity contribution in [3.63, 3.8) is 0 Å². The van der Waals surface area contributed by atoms with Crippen molar-refractivity contribution >= 4 is 12.3 Å². The first-order valence-corrected chi connectivity index (χ1v) is 7.93. The van der Waals surface area contributed by atoms with Crippen molar-refractivity contribution in [3.05, 3.63) is 0 Å². The van der Waals surface area contributed by atoms with E-state index in [0.717, 1.165) is 25.7 Å². The Labute approximate surface area is 123 Å². The number of aliphatic carboxylic acids is 1. The maximum absolute atomic E-state index is 11.3. The molecule has 20 heavy (non-hydrogen) atoms. The molecule has 0 aromatic carbocycles. The fraction of sp³-hybridized carbons (Fsp3) is 0.875. The molecule has 0 radical (unpaired) electrons. The van der Waals surface area contributed by atoms with Crippen molar-refractivity contribution in [2.75, 3.05) is 13.6 Å². The molecule has 0 aromatic rings. The summed E-state index contributed by atoms with van der Waals surface area (Å²) in [5.41, 5.74) is 0. The van der Waals surface area contributed by atoms with Gasteiger partial charge in [-0.1, -0.05) is 39.5 Å². The predicted octanol–water partition coefficient (Wildman–Crippen LogP) is 3.35. The van der Waals surface area contributed by atoms with Gasteiger partial charge in [-0.2, -0.15) is 0 Å². The molecule has 1 N–H and O–H groups in total. The zero-order chi connectivity index (χ0) is 15.4. The van der Waals surface area contributed by atoms with Gasteiger partial charge < -0.3 is 9.90 Å². The van der Waals surface area contributed by atoms with Gasteiger partial charge in [0.25, 0.3) is 0 Å². The van der Waals surface area contributed by atoms with Crippen molar-refractivity contribution < 1.29 is 14.7 Å². The zero-order valence-electron chi connectivity index (χ0n) is 13.3. The monoisotopic (exact) mass is 285 g/mol. The summed E-state index contributed by atoms with van der Waals surface area (Å²) < 4.78 is 0. The van der Waals surface area contributed by atoms with E-state index in [2.05, 4.69) is 13.8 Å². The highest BCUT2D eigenvalue weighted by Crippen LogP contribution is 2.18. The maximum atomic E-state index is 11.3. The molecule has 0 aliphatic rings. The number of unbranched alkanes of at least 4 members (excludes halogenated alkanes) is 2. The quantitative estimate of drug-likeness (QED) is 0.416. The topological polar surface area (TPSA) is 57.6 Å². The van der Waals surface area contributed by atoms with Crippen LogP contribution in [0, 0.1) is 5.92 Å². The average molecular weight is 285 g/mol. The van der Waals surface area contributed by atoms with Gasteiger partial charge in [0.1, 0.15) is 12.3 Å². The minimum atomic E-state index is -0.821. The molecule has 0 saturated carbocycles. The molecule has 0 amide bonds. The highest BCUT2D eigenvalue weighted by atomic mass is 16.4. The van der Waals surface area contributed by atoms with E-state index in [9.17, 15) is 14.7 Å². The molecule has 0 aromatic heterocycles. The Kier molecular flexibility index (Phi) is 11.4. The molecule has 2 atom stereocenters. The van der Waals surface area contributed by atoms with Gasteiger partial charge in [-0.3, -0.25) is 9.69 Å². The molecule has 0 aliphatic heterocycles. The Morgan fingerprint density at radius 3 is 2.35 bits per heavy atom. The van der Waals surface area contributed by atoms with E-state index < -0.39 is 12.0 Å². The fourth-order valence-corrected chi connectivity index (χ4v) is 2.71. The minimum Gasteiger partial charge on any atom is -0.480 e. The van der Waals surface area contributed by atoms with Gasteiger partial charge in [0.15, 0.2) is 0 Å². The van der Waals surface area contributed by atoms with E-state index in [4.69, 9.17) is 0 Å². The summed E-state index contributed by atoms with van der Waals surface area (Å²) in [6.45, 7) is 5.18. The Balaban J connectivity index is 4.39. The molecule has 0 bridgehead atoms. The average Bonchev–Trinajstić information content (AvgIpc) is 2.39. The van der Waals surface area contributed by atoms with Gasteiger partial charge >= 0.3 is 5.97 Å². The fourth-order valence-electron chi connectivity index (χ4n) is 2.71. The molecule has 0 rings (SSSR count). The van der Waals surface area contributed by atoms with Crippen LogP contribution in [0.4, 0.5) is 0 Å². The van der Waals surface area contributed by atoms with Gasteiger partial charge in [-0.05, 0) is 32.2 Å².